The number of aryl methyl sites for hydroxylation is 1. The topological polar surface area (TPSA) is 68.0 Å². The highest BCUT2D eigenvalue weighted by atomic mass is 16.2. The standard InChI is InChI=1S/C17H24N6O/c1-21-9-13(8-20-21)10-22-11-15(23-16(12-22)5-7-19-23)4-6-18-17(24)14-2-3-14/h5,7-9,14-15H,2-4,6,10-12H2,1H3,(H,18,24)/t15-/m1/s1. The van der Waals surface area contributed by atoms with Crippen LogP contribution in [0.3, 0.4) is 0 Å². The highest BCUT2D eigenvalue weighted by molar-refractivity contribution is 5.80. The van der Waals surface area contributed by atoms with Gasteiger partial charge in [-0.3, -0.25) is 19.1 Å². The zero-order chi connectivity index (χ0) is 16.5. The van der Waals surface area contributed by atoms with Crippen molar-refractivity contribution in [1.29, 1.82) is 0 Å². The maximum atomic E-state index is 11.8. The number of amides is 1. The Morgan fingerprint density at radius 1 is 1.38 bits per heavy atom. The van der Waals surface area contributed by atoms with Crippen LogP contribution in [0.5, 0.6) is 0 Å². The van der Waals surface area contributed by atoms with E-state index in [1.165, 1.54) is 11.3 Å². The molecule has 1 atom stereocenters. The molecule has 1 amide bonds. The van der Waals surface area contributed by atoms with Crippen LogP contribution in [-0.4, -0.2) is 43.5 Å². The van der Waals surface area contributed by atoms with Crippen LogP contribution in [0, 0.1) is 5.92 Å². The van der Waals surface area contributed by atoms with Crippen LogP contribution >= 0.6 is 0 Å². The van der Waals surface area contributed by atoms with Gasteiger partial charge in [-0.1, -0.05) is 0 Å². The van der Waals surface area contributed by atoms with Crippen LogP contribution in [0.1, 0.15) is 36.6 Å². The summed E-state index contributed by atoms with van der Waals surface area (Å²) in [4.78, 5) is 14.2. The average molecular weight is 328 g/mol. The first-order chi connectivity index (χ1) is 11.7. The minimum absolute atomic E-state index is 0.221. The van der Waals surface area contributed by atoms with E-state index >= 15 is 0 Å². The van der Waals surface area contributed by atoms with E-state index in [0.29, 0.717) is 6.04 Å². The van der Waals surface area contributed by atoms with E-state index < -0.39 is 0 Å². The fourth-order valence-corrected chi connectivity index (χ4v) is 3.46. The van der Waals surface area contributed by atoms with Crippen LogP contribution in [0.2, 0.25) is 0 Å². The first-order valence-corrected chi connectivity index (χ1v) is 8.69. The summed E-state index contributed by atoms with van der Waals surface area (Å²) in [6.07, 6.45) is 8.89. The van der Waals surface area contributed by atoms with Crippen molar-refractivity contribution in [1.82, 2.24) is 29.8 Å². The minimum Gasteiger partial charge on any atom is -0.356 e. The van der Waals surface area contributed by atoms with E-state index in [1.807, 2.05) is 24.1 Å². The van der Waals surface area contributed by atoms with Gasteiger partial charge in [-0.25, -0.2) is 0 Å². The monoisotopic (exact) mass is 328 g/mol. The van der Waals surface area contributed by atoms with Gasteiger partial charge in [0, 0.05) is 57.1 Å². The minimum atomic E-state index is 0.221. The lowest BCUT2D eigenvalue weighted by atomic mass is 10.1. The van der Waals surface area contributed by atoms with Crippen molar-refractivity contribution in [3.63, 3.8) is 0 Å². The zero-order valence-electron chi connectivity index (χ0n) is 14.1. The van der Waals surface area contributed by atoms with Gasteiger partial charge in [0.05, 0.1) is 17.9 Å². The molecule has 0 bridgehead atoms. The number of rotatable bonds is 6. The number of fused-ring (bicyclic) bond motifs is 1. The first-order valence-electron chi connectivity index (χ1n) is 8.69. The molecule has 1 aliphatic carbocycles. The smallest absolute Gasteiger partial charge is 0.223 e. The maximum Gasteiger partial charge on any atom is 0.223 e. The number of nitrogens with one attached hydrogen (secondary N) is 1. The molecule has 1 fully saturated rings. The van der Waals surface area contributed by atoms with Gasteiger partial charge in [0.2, 0.25) is 5.91 Å². The SMILES string of the molecule is Cn1cc(CN2Cc3ccnn3[C@H](CCNC(=O)C3CC3)C2)cn1. The molecule has 2 aromatic heterocycles. The third-order valence-electron chi connectivity index (χ3n) is 4.84. The summed E-state index contributed by atoms with van der Waals surface area (Å²) in [5.41, 5.74) is 2.47. The molecule has 128 valence electrons. The van der Waals surface area contributed by atoms with Crippen molar-refractivity contribution in [2.24, 2.45) is 13.0 Å². The Balaban J connectivity index is 1.38. The molecule has 0 saturated heterocycles. The third-order valence-corrected chi connectivity index (χ3v) is 4.84. The number of hydrogen-bond acceptors (Lipinski definition) is 4. The van der Waals surface area contributed by atoms with Gasteiger partial charge in [0.25, 0.3) is 0 Å². The number of carbonyl (C=O) groups is 1. The van der Waals surface area contributed by atoms with Crippen LogP contribution in [0.25, 0.3) is 0 Å². The van der Waals surface area contributed by atoms with Gasteiger partial charge < -0.3 is 5.32 Å². The quantitative estimate of drug-likeness (QED) is 0.862. The molecule has 2 aliphatic rings. The molecule has 1 N–H and O–H groups in total. The largest absolute Gasteiger partial charge is 0.356 e. The Morgan fingerprint density at radius 3 is 3.00 bits per heavy atom. The second-order valence-corrected chi connectivity index (χ2v) is 6.97. The summed E-state index contributed by atoms with van der Waals surface area (Å²) in [5.74, 6) is 0.498. The van der Waals surface area contributed by atoms with Crippen molar-refractivity contribution in [2.45, 2.75) is 38.4 Å². The van der Waals surface area contributed by atoms with Crippen LogP contribution < -0.4 is 5.32 Å². The van der Waals surface area contributed by atoms with E-state index in [1.54, 1.807) is 0 Å². The van der Waals surface area contributed by atoms with Crippen LogP contribution in [0.4, 0.5) is 0 Å². The Bertz CT molecular complexity index is 716. The number of nitrogens with zero attached hydrogens (tertiary/aromatic N) is 5. The van der Waals surface area contributed by atoms with Gasteiger partial charge in [0.1, 0.15) is 0 Å². The molecule has 24 heavy (non-hydrogen) atoms. The van der Waals surface area contributed by atoms with Gasteiger partial charge in [0.15, 0.2) is 0 Å². The summed E-state index contributed by atoms with van der Waals surface area (Å²) in [6, 6.07) is 2.39. The normalized spacial score (nSPS) is 20.8. The Hall–Kier alpha value is -2.15. The molecule has 0 aromatic carbocycles. The molecular weight excluding hydrogens is 304 g/mol. The average Bonchev–Trinajstić information content (AvgIpc) is 3.18. The summed E-state index contributed by atoms with van der Waals surface area (Å²) in [7, 11) is 1.94. The van der Waals surface area contributed by atoms with Crippen LogP contribution in [0.15, 0.2) is 24.7 Å². The second kappa shape index (κ2) is 6.39. The molecule has 4 rings (SSSR count). The molecule has 1 saturated carbocycles. The van der Waals surface area contributed by atoms with Gasteiger partial charge in [-0.15, -0.1) is 0 Å². The Morgan fingerprint density at radius 2 is 2.25 bits per heavy atom. The Kier molecular flexibility index (Phi) is 4.10. The van der Waals surface area contributed by atoms with E-state index in [0.717, 1.165) is 45.4 Å². The van der Waals surface area contributed by atoms with E-state index in [9.17, 15) is 4.79 Å². The van der Waals surface area contributed by atoms with Crippen molar-refractivity contribution in [3.05, 3.63) is 35.9 Å². The van der Waals surface area contributed by atoms with E-state index in [4.69, 9.17) is 0 Å². The fraction of sp³-hybridized carbons (Fsp3) is 0.588. The number of aromatic nitrogens is 4. The lowest BCUT2D eigenvalue weighted by molar-refractivity contribution is -0.122. The molecule has 2 aromatic rings. The molecule has 0 spiro atoms. The lowest BCUT2D eigenvalue weighted by Gasteiger charge is -2.33. The molecule has 0 radical (unpaired) electrons. The van der Waals surface area contributed by atoms with E-state index in [-0.39, 0.29) is 11.8 Å². The van der Waals surface area contributed by atoms with Crippen molar-refractivity contribution < 1.29 is 4.79 Å². The maximum absolute atomic E-state index is 11.8. The number of hydrogen-bond donors (Lipinski definition) is 1. The first kappa shape index (κ1) is 15.4. The van der Waals surface area contributed by atoms with Crippen molar-refractivity contribution in [2.75, 3.05) is 13.1 Å². The molecule has 3 heterocycles. The number of carbonyl (C=O) groups excluding carboxylic acids is 1. The summed E-state index contributed by atoms with van der Waals surface area (Å²) >= 11 is 0. The zero-order valence-corrected chi connectivity index (χ0v) is 14.1. The summed E-state index contributed by atoms with van der Waals surface area (Å²) in [5, 5.41) is 11.8. The molecule has 0 unspecified atom stereocenters. The molecule has 7 nitrogen and oxygen atoms in total. The van der Waals surface area contributed by atoms with Crippen molar-refractivity contribution in [3.8, 4) is 0 Å². The molecule has 7 heteroatoms. The molecular formula is C17H24N6O. The van der Waals surface area contributed by atoms with Gasteiger partial charge in [-0.05, 0) is 25.3 Å². The van der Waals surface area contributed by atoms with E-state index in [2.05, 4.69) is 37.4 Å². The predicted octanol–water partition coefficient (Wildman–Crippen LogP) is 1.09. The lowest BCUT2D eigenvalue weighted by Crippen LogP contribution is -2.39. The van der Waals surface area contributed by atoms with Gasteiger partial charge >= 0.3 is 0 Å². The highest BCUT2D eigenvalue weighted by Gasteiger charge is 2.30. The highest BCUT2D eigenvalue weighted by Crippen LogP contribution is 2.29. The fourth-order valence-electron chi connectivity index (χ4n) is 3.46. The predicted molar refractivity (Wildman–Crippen MR) is 88.9 cm³/mol. The Labute approximate surface area is 141 Å². The second-order valence-electron chi connectivity index (χ2n) is 6.97. The van der Waals surface area contributed by atoms with Crippen molar-refractivity contribution >= 4 is 5.91 Å². The summed E-state index contributed by atoms with van der Waals surface area (Å²) < 4.78 is 3.97. The third kappa shape index (κ3) is 3.36. The summed E-state index contributed by atoms with van der Waals surface area (Å²) in [6.45, 7) is 3.46. The van der Waals surface area contributed by atoms with Gasteiger partial charge in [-0.2, -0.15) is 10.2 Å². The van der Waals surface area contributed by atoms with Crippen LogP contribution in [-0.2, 0) is 24.9 Å². The molecule has 1 aliphatic heterocycles.